The second-order valence-electron chi connectivity index (χ2n) is 5.87. The molecule has 1 aliphatic rings. The van der Waals surface area contributed by atoms with E-state index in [-0.39, 0.29) is 12.6 Å². The van der Waals surface area contributed by atoms with E-state index in [4.69, 9.17) is 9.47 Å². The first-order valence-electron chi connectivity index (χ1n) is 8.47. The summed E-state index contributed by atoms with van der Waals surface area (Å²) < 4.78 is 10.7. The second kappa shape index (κ2) is 7.66. The molecule has 5 heteroatoms. The van der Waals surface area contributed by atoms with Gasteiger partial charge in [-0.05, 0) is 23.8 Å². The zero-order chi connectivity index (χ0) is 18.5. The quantitative estimate of drug-likeness (QED) is 0.392. The summed E-state index contributed by atoms with van der Waals surface area (Å²) in [5.74, 6) is 1.20. The number of nitrogens with zero attached hydrogens (tertiary/aromatic N) is 2. The average molecular weight is 356 g/mol. The summed E-state index contributed by atoms with van der Waals surface area (Å²) in [6.07, 6.45) is 1.59. The molecule has 27 heavy (non-hydrogen) atoms. The minimum absolute atomic E-state index is 0.176. The topological polar surface area (TPSA) is 60.2 Å². The van der Waals surface area contributed by atoms with Gasteiger partial charge in [0.1, 0.15) is 5.71 Å². The van der Waals surface area contributed by atoms with Crippen molar-refractivity contribution in [2.45, 2.75) is 0 Å². The molecule has 0 N–H and O–H groups in total. The minimum Gasteiger partial charge on any atom is -0.454 e. The van der Waals surface area contributed by atoms with Gasteiger partial charge in [-0.15, -0.1) is 5.10 Å². The molecule has 0 bridgehead atoms. The van der Waals surface area contributed by atoms with E-state index >= 15 is 0 Å². The lowest BCUT2D eigenvalue weighted by atomic mass is 10.0. The molecule has 0 spiro atoms. The summed E-state index contributed by atoms with van der Waals surface area (Å²) in [5, 5.41) is 8.36. The Bertz CT molecular complexity index is 1010. The lowest BCUT2D eigenvalue weighted by Crippen LogP contribution is -2.15. The van der Waals surface area contributed by atoms with Gasteiger partial charge in [0.05, 0.1) is 6.21 Å². The largest absolute Gasteiger partial charge is 0.454 e. The number of carbonyl (C=O) groups excluding carboxylic acids is 1. The van der Waals surface area contributed by atoms with Gasteiger partial charge in [0.25, 0.3) is 0 Å². The molecule has 5 nitrogen and oxygen atoms in total. The van der Waals surface area contributed by atoms with Crippen LogP contribution in [-0.4, -0.2) is 24.5 Å². The van der Waals surface area contributed by atoms with Crippen LogP contribution >= 0.6 is 0 Å². The molecule has 3 aromatic rings. The van der Waals surface area contributed by atoms with Crippen LogP contribution in [0.3, 0.4) is 0 Å². The van der Waals surface area contributed by atoms with Crippen molar-refractivity contribution in [1.29, 1.82) is 0 Å². The van der Waals surface area contributed by atoms with E-state index in [0.29, 0.717) is 28.3 Å². The molecular weight excluding hydrogens is 340 g/mol. The number of ketones is 1. The van der Waals surface area contributed by atoms with Gasteiger partial charge >= 0.3 is 0 Å². The molecule has 4 rings (SSSR count). The molecule has 132 valence electrons. The smallest absolute Gasteiger partial charge is 0.231 e. The Morgan fingerprint density at radius 3 is 2.22 bits per heavy atom. The van der Waals surface area contributed by atoms with E-state index in [9.17, 15) is 4.79 Å². The van der Waals surface area contributed by atoms with Gasteiger partial charge in [-0.1, -0.05) is 60.7 Å². The van der Waals surface area contributed by atoms with Crippen LogP contribution in [0.15, 0.2) is 89.1 Å². The molecule has 0 saturated heterocycles. The van der Waals surface area contributed by atoms with Gasteiger partial charge in [0.2, 0.25) is 12.6 Å². The standard InChI is InChI=1S/C22H16N2O3/c25-22(18-9-5-2-6-10-18)21(17-7-3-1-4-8-17)24-23-14-16-11-12-19-20(13-16)27-15-26-19/h1-14H,15H2/b23-14-,24-21-. The first kappa shape index (κ1) is 16.7. The fourth-order valence-corrected chi connectivity index (χ4v) is 2.70. The first-order valence-corrected chi connectivity index (χ1v) is 8.47. The summed E-state index contributed by atoms with van der Waals surface area (Å²) in [7, 11) is 0. The molecule has 1 heterocycles. The third-order valence-corrected chi connectivity index (χ3v) is 4.06. The number of rotatable bonds is 5. The van der Waals surface area contributed by atoms with Crippen molar-refractivity contribution >= 4 is 17.7 Å². The fraction of sp³-hybridized carbons (Fsp3) is 0.0455. The van der Waals surface area contributed by atoms with Crippen molar-refractivity contribution in [3.8, 4) is 11.5 Å². The van der Waals surface area contributed by atoms with E-state index in [0.717, 1.165) is 5.56 Å². The number of hydrogen-bond acceptors (Lipinski definition) is 5. The van der Waals surface area contributed by atoms with E-state index in [1.165, 1.54) is 0 Å². The third kappa shape index (κ3) is 3.77. The van der Waals surface area contributed by atoms with Crippen molar-refractivity contribution in [1.82, 2.24) is 0 Å². The Morgan fingerprint density at radius 2 is 1.48 bits per heavy atom. The molecule has 0 amide bonds. The monoisotopic (exact) mass is 356 g/mol. The maximum Gasteiger partial charge on any atom is 0.231 e. The summed E-state index contributed by atoms with van der Waals surface area (Å²) in [5.41, 5.74) is 2.38. The third-order valence-electron chi connectivity index (χ3n) is 4.06. The molecular formula is C22H16N2O3. The zero-order valence-electron chi connectivity index (χ0n) is 14.4. The lowest BCUT2D eigenvalue weighted by Gasteiger charge is -2.04. The number of ether oxygens (including phenoxy) is 2. The van der Waals surface area contributed by atoms with Crippen LogP contribution < -0.4 is 9.47 Å². The Hall–Kier alpha value is -3.73. The molecule has 0 saturated carbocycles. The van der Waals surface area contributed by atoms with Crippen molar-refractivity contribution in [3.63, 3.8) is 0 Å². The van der Waals surface area contributed by atoms with Crippen LogP contribution in [0.4, 0.5) is 0 Å². The highest BCUT2D eigenvalue weighted by molar-refractivity contribution is 6.51. The average Bonchev–Trinajstić information content (AvgIpc) is 3.20. The molecule has 0 aliphatic carbocycles. The summed E-state index contributed by atoms with van der Waals surface area (Å²) in [4.78, 5) is 12.9. The zero-order valence-corrected chi connectivity index (χ0v) is 14.4. The van der Waals surface area contributed by atoms with Crippen molar-refractivity contribution in [2.75, 3.05) is 6.79 Å². The molecule has 3 aromatic carbocycles. The molecule has 0 aromatic heterocycles. The number of fused-ring (bicyclic) bond motifs is 1. The number of carbonyl (C=O) groups is 1. The normalized spacial score (nSPS) is 13.1. The number of hydrogen-bond donors (Lipinski definition) is 0. The summed E-state index contributed by atoms with van der Waals surface area (Å²) in [6.45, 7) is 0.220. The first-order chi connectivity index (χ1) is 13.3. The molecule has 0 fully saturated rings. The Labute approximate surface area is 156 Å². The predicted molar refractivity (Wildman–Crippen MR) is 104 cm³/mol. The maximum absolute atomic E-state index is 12.9. The molecule has 0 radical (unpaired) electrons. The maximum atomic E-state index is 12.9. The Kier molecular flexibility index (Phi) is 4.74. The Morgan fingerprint density at radius 1 is 0.815 bits per heavy atom. The van der Waals surface area contributed by atoms with E-state index in [2.05, 4.69) is 10.2 Å². The molecule has 0 atom stereocenters. The van der Waals surface area contributed by atoms with Crippen LogP contribution in [0, 0.1) is 0 Å². The number of Topliss-reactive ketones (excluding diaryl/α,β-unsaturated/α-hetero) is 1. The van der Waals surface area contributed by atoms with Gasteiger partial charge in [-0.2, -0.15) is 5.10 Å². The van der Waals surface area contributed by atoms with Gasteiger partial charge < -0.3 is 9.47 Å². The van der Waals surface area contributed by atoms with E-state index in [1.807, 2.05) is 66.7 Å². The predicted octanol–water partition coefficient (Wildman–Crippen LogP) is 4.12. The summed E-state index contributed by atoms with van der Waals surface area (Å²) in [6, 6.07) is 23.9. The van der Waals surface area contributed by atoms with E-state index in [1.54, 1.807) is 18.3 Å². The molecule has 0 unspecified atom stereocenters. The van der Waals surface area contributed by atoms with Crippen LogP contribution in [0.5, 0.6) is 11.5 Å². The van der Waals surface area contributed by atoms with Gasteiger partial charge in [0, 0.05) is 11.1 Å². The molecule has 1 aliphatic heterocycles. The van der Waals surface area contributed by atoms with Crippen LogP contribution in [-0.2, 0) is 0 Å². The highest BCUT2D eigenvalue weighted by Crippen LogP contribution is 2.31. The lowest BCUT2D eigenvalue weighted by molar-refractivity contribution is 0.106. The second-order valence-corrected chi connectivity index (χ2v) is 5.87. The fourth-order valence-electron chi connectivity index (χ4n) is 2.70. The van der Waals surface area contributed by atoms with Crippen molar-refractivity contribution in [2.24, 2.45) is 10.2 Å². The highest BCUT2D eigenvalue weighted by atomic mass is 16.7. The van der Waals surface area contributed by atoms with E-state index < -0.39 is 0 Å². The SMILES string of the molecule is O=C(/C(=N\N=C/c1ccc2c(c1)OCO2)c1ccccc1)c1ccccc1. The van der Waals surface area contributed by atoms with Gasteiger partial charge in [0.15, 0.2) is 11.5 Å². The highest BCUT2D eigenvalue weighted by Gasteiger charge is 2.16. The minimum atomic E-state index is -0.176. The van der Waals surface area contributed by atoms with Crippen LogP contribution in [0.1, 0.15) is 21.5 Å². The van der Waals surface area contributed by atoms with Gasteiger partial charge in [-0.3, -0.25) is 4.79 Å². The van der Waals surface area contributed by atoms with Crippen LogP contribution in [0.25, 0.3) is 0 Å². The van der Waals surface area contributed by atoms with Gasteiger partial charge in [-0.25, -0.2) is 0 Å². The van der Waals surface area contributed by atoms with Crippen LogP contribution in [0.2, 0.25) is 0 Å². The van der Waals surface area contributed by atoms with Crippen molar-refractivity contribution < 1.29 is 14.3 Å². The van der Waals surface area contributed by atoms with Crippen molar-refractivity contribution in [3.05, 3.63) is 95.6 Å². The number of benzene rings is 3. The summed E-state index contributed by atoms with van der Waals surface area (Å²) >= 11 is 0. The Balaban J connectivity index is 1.65.